The number of amides is 2. The summed E-state index contributed by atoms with van der Waals surface area (Å²) < 4.78 is 71.1. The highest BCUT2D eigenvalue weighted by atomic mass is 16.8. The van der Waals surface area contributed by atoms with Crippen LogP contribution in [-0.4, -0.2) is 163 Å². The van der Waals surface area contributed by atoms with E-state index in [1.54, 1.807) is 7.11 Å². The van der Waals surface area contributed by atoms with Crippen LogP contribution in [0.1, 0.15) is 129 Å². The maximum atomic E-state index is 14.4. The number of ether oxygens (including phenoxy) is 11. The minimum Gasteiger partial charge on any atom is -0.428 e. The molecule has 12 aliphatic rings. The fourth-order valence-electron chi connectivity index (χ4n) is 14.4. The first-order valence-corrected chi connectivity index (χ1v) is 27.4. The zero-order chi connectivity index (χ0) is 50.7. The molecule has 1 saturated carbocycles. The largest absolute Gasteiger partial charge is 0.428 e. The van der Waals surface area contributed by atoms with Crippen molar-refractivity contribution in [3.8, 4) is 0 Å². The summed E-state index contributed by atoms with van der Waals surface area (Å²) in [6, 6.07) is 0. The summed E-state index contributed by atoms with van der Waals surface area (Å²) in [5.41, 5.74) is 2.08. The maximum absolute atomic E-state index is 14.4. The molecule has 12 rings (SSSR count). The topological polar surface area (TPSA) is 210 Å². The Hall–Kier alpha value is -3.43. The van der Waals surface area contributed by atoms with Crippen molar-refractivity contribution in [2.24, 2.45) is 23.7 Å². The Labute approximate surface area is 427 Å². The number of hydrogen-bond donors (Lipinski definition) is 1. The quantitative estimate of drug-likeness (QED) is 0.124. The second-order valence-corrected chi connectivity index (χ2v) is 23.2. The van der Waals surface area contributed by atoms with Crippen LogP contribution in [0.3, 0.4) is 0 Å². The highest BCUT2D eigenvalue weighted by Gasteiger charge is 2.69. The molecule has 11 heterocycles. The zero-order valence-electron chi connectivity index (χ0n) is 42.4. The van der Waals surface area contributed by atoms with E-state index in [0.717, 1.165) is 49.7 Å². The van der Waals surface area contributed by atoms with E-state index in [-0.39, 0.29) is 134 Å². The van der Waals surface area contributed by atoms with Crippen LogP contribution in [0, 0.1) is 23.7 Å². The van der Waals surface area contributed by atoms with Gasteiger partial charge in [-0.1, -0.05) is 20.1 Å². The average molecular weight is 1020 g/mol. The van der Waals surface area contributed by atoms with Crippen molar-refractivity contribution >= 4 is 29.5 Å². The van der Waals surface area contributed by atoms with Crippen LogP contribution < -0.4 is 0 Å². The van der Waals surface area contributed by atoms with E-state index in [2.05, 4.69) is 20.1 Å². The van der Waals surface area contributed by atoms with Crippen molar-refractivity contribution < 1.29 is 81.2 Å². The molecule has 19 atom stereocenters. The number of rotatable bonds is 11. The number of hydrogen-bond acceptors (Lipinski definition) is 17. The summed E-state index contributed by atoms with van der Waals surface area (Å²) in [5, 5.41) is 11.4. The van der Waals surface area contributed by atoms with Crippen molar-refractivity contribution in [1.29, 1.82) is 0 Å². The molecule has 2 amide bonds. The molecule has 18 nitrogen and oxygen atoms in total. The van der Waals surface area contributed by atoms with Crippen LogP contribution in [0.5, 0.6) is 0 Å². The Morgan fingerprint density at radius 2 is 1.48 bits per heavy atom. The van der Waals surface area contributed by atoms with E-state index in [0.29, 0.717) is 57.9 Å². The number of aliphatic hydroxyl groups excluding tert-OH is 1. The number of nitrogens with zero attached hydrogens (tertiary/aromatic N) is 1. The smallest absolute Gasteiger partial charge is 0.311 e. The molecule has 1 spiro atoms. The van der Waals surface area contributed by atoms with Crippen molar-refractivity contribution in [3.63, 3.8) is 0 Å². The van der Waals surface area contributed by atoms with E-state index >= 15 is 0 Å². The lowest BCUT2D eigenvalue weighted by Crippen LogP contribution is -2.61. The lowest BCUT2D eigenvalue weighted by Gasteiger charge is -2.47. The maximum Gasteiger partial charge on any atom is 0.311 e. The molecule has 0 aromatic heterocycles. The molecule has 1 N–H and O–H groups in total. The van der Waals surface area contributed by atoms with Crippen LogP contribution in [0.15, 0.2) is 36.5 Å². The van der Waals surface area contributed by atoms with Crippen molar-refractivity contribution in [2.75, 3.05) is 20.4 Å². The van der Waals surface area contributed by atoms with Crippen molar-refractivity contribution in [1.82, 2.24) is 4.90 Å². The van der Waals surface area contributed by atoms with Gasteiger partial charge in [0.1, 0.15) is 36.3 Å². The third-order valence-electron chi connectivity index (χ3n) is 18.3. The summed E-state index contributed by atoms with van der Waals surface area (Å²) in [6.07, 6.45) is 7.20. The van der Waals surface area contributed by atoms with Crippen LogP contribution in [0.2, 0.25) is 0 Å². The highest BCUT2D eigenvalue weighted by Crippen LogP contribution is 2.54. The molecule has 12 bridgehead atoms. The number of methoxy groups -OCH3 is 1. The molecule has 0 aromatic carbocycles. The van der Waals surface area contributed by atoms with Crippen molar-refractivity contribution in [2.45, 2.75) is 232 Å². The van der Waals surface area contributed by atoms with Crippen LogP contribution in [0.4, 0.5) is 0 Å². The normalized spacial score (nSPS) is 44.8. The number of fused-ring (bicyclic) bond motifs is 6. The first-order chi connectivity index (χ1) is 35.2. The van der Waals surface area contributed by atoms with E-state index in [4.69, 9.17) is 52.1 Å². The number of Topliss-reactive ketones (excluding diaryl/α,β-unsaturated/α-hetero) is 1. The average Bonchev–Trinajstić information content (AvgIpc) is 4.12. The Morgan fingerprint density at radius 1 is 0.753 bits per heavy atom. The van der Waals surface area contributed by atoms with Crippen LogP contribution >= 0.6 is 0 Å². The molecule has 11 fully saturated rings. The first-order valence-electron chi connectivity index (χ1n) is 27.4. The summed E-state index contributed by atoms with van der Waals surface area (Å²) in [7, 11) is 1.60. The zero-order valence-corrected chi connectivity index (χ0v) is 42.4. The van der Waals surface area contributed by atoms with Crippen LogP contribution in [-0.2, 0) is 76.1 Å². The number of imide groups is 1. The van der Waals surface area contributed by atoms with E-state index in [1.165, 1.54) is 17.1 Å². The minimum atomic E-state index is -0.972. The Kier molecular flexibility index (Phi) is 15.2. The lowest BCUT2D eigenvalue weighted by atomic mass is 9.81. The summed E-state index contributed by atoms with van der Waals surface area (Å²) >= 11 is 0. The van der Waals surface area contributed by atoms with Gasteiger partial charge in [0.05, 0.1) is 73.1 Å². The van der Waals surface area contributed by atoms with Gasteiger partial charge in [0.15, 0.2) is 5.79 Å². The molecule has 73 heavy (non-hydrogen) atoms. The molecule has 18 heteroatoms. The second-order valence-electron chi connectivity index (χ2n) is 23.2. The molecule has 1 aliphatic carbocycles. The molecule has 10 saturated heterocycles. The van der Waals surface area contributed by atoms with Gasteiger partial charge >= 0.3 is 11.9 Å². The van der Waals surface area contributed by atoms with Crippen molar-refractivity contribution in [3.05, 3.63) is 36.5 Å². The number of esters is 2. The minimum absolute atomic E-state index is 0.00174. The third-order valence-corrected chi connectivity index (χ3v) is 18.3. The number of carbonyl (C=O) groups is 5. The molecule has 402 valence electrons. The second kappa shape index (κ2) is 21.5. The summed E-state index contributed by atoms with van der Waals surface area (Å²) in [5.74, 6) is -2.96. The Balaban J connectivity index is 0.721. The predicted molar refractivity (Wildman–Crippen MR) is 255 cm³/mol. The van der Waals surface area contributed by atoms with Gasteiger partial charge in [-0.2, -0.15) is 0 Å². The van der Waals surface area contributed by atoms with Gasteiger partial charge in [0.25, 0.3) is 11.8 Å². The van der Waals surface area contributed by atoms with Gasteiger partial charge in [-0.25, -0.2) is 0 Å². The Morgan fingerprint density at radius 3 is 2.27 bits per heavy atom. The van der Waals surface area contributed by atoms with Gasteiger partial charge in [-0.05, 0) is 100 Å². The van der Waals surface area contributed by atoms with Gasteiger partial charge in [-0.3, -0.25) is 28.9 Å². The standard InChI is InChI=1S/C55H75NO17/c1-28-19-35-10-12-39-29(2)20-37(66-39)17-18-55-25-44-50(72-55)51-52(71-44)53(73-55)49-40(70-51)13-11-36(68-49)21-34(58)22-38-42(24-41(67-35)30(28)3)69-43(48(38)63-4)23-33(57)9-16-47(61)64-27-65-54(62)32-7-5-31(6-8-32)26-56-45(59)14-15-46(56)60/h14-15,28,31-33,35-44,48-53,57H,2-3,5-13,16-27H2,1,4H3/t28-,31?,32?,33-,35+,36-,37+,38+,39+,40+,41-,42+,43-,44-,48-,49+,50+,51+,52-,53+,55+/m1/s1. The highest BCUT2D eigenvalue weighted by molar-refractivity contribution is 6.12. The van der Waals surface area contributed by atoms with Crippen LogP contribution in [0.25, 0.3) is 0 Å². The van der Waals surface area contributed by atoms with E-state index in [9.17, 15) is 29.1 Å². The first kappa shape index (κ1) is 51.7. The van der Waals surface area contributed by atoms with Gasteiger partial charge < -0.3 is 57.2 Å². The molecular weight excluding hydrogens is 947 g/mol. The van der Waals surface area contributed by atoms with E-state index in [1.807, 2.05) is 0 Å². The van der Waals surface area contributed by atoms with Gasteiger partial charge in [-0.15, -0.1) is 0 Å². The molecular formula is C55H75NO17. The Bertz CT molecular complexity index is 2140. The summed E-state index contributed by atoms with van der Waals surface area (Å²) in [6.45, 7) is 10.9. The van der Waals surface area contributed by atoms with Gasteiger partial charge in [0, 0.05) is 76.7 Å². The molecule has 0 aromatic rings. The monoisotopic (exact) mass is 1020 g/mol. The lowest BCUT2D eigenvalue weighted by molar-refractivity contribution is -0.292. The third kappa shape index (κ3) is 10.8. The number of aliphatic hydroxyl groups is 1. The number of ketones is 1. The fraction of sp³-hybridized carbons (Fsp3) is 0.800. The summed E-state index contributed by atoms with van der Waals surface area (Å²) in [4.78, 5) is 65.2. The number of carbonyl (C=O) groups excluding carboxylic acids is 5. The van der Waals surface area contributed by atoms with Gasteiger partial charge in [0.2, 0.25) is 6.79 Å². The predicted octanol–water partition coefficient (Wildman–Crippen LogP) is 5.03. The SMILES string of the molecule is C=C1C[C@@H]2CC[C@@]34C[C@H]5O[C@H]6[C@@H](O3)[C@H]3O[C@H](CC[C@@H]3O[C@H]6[C@H]5O4)CC(=O)C[C@@H]3[C@@H](OC)[C@@H](C[C@H](O)CCC(=O)OCOC(=O)C4CCC(CN5C(=O)C=CC5=O)CC4)O[C@H]3C[C@H]3O[C@@H](CC[C@@H]1O2)C[C@@H](C)C3=C. The molecule has 11 aliphatic heterocycles. The van der Waals surface area contributed by atoms with E-state index < -0.39 is 61.1 Å². The fourth-order valence-corrected chi connectivity index (χ4v) is 14.4. The molecule has 0 radical (unpaired) electrons. The molecule has 0 unspecified atom stereocenters.